The number of hydrogen-bond donors (Lipinski definition) is 0. The van der Waals surface area contributed by atoms with E-state index in [2.05, 4.69) is 14.9 Å². The number of aromatic nitrogens is 2. The fourth-order valence-electron chi connectivity index (χ4n) is 4.44. The molecule has 0 aromatic carbocycles. The second-order valence-corrected chi connectivity index (χ2v) is 8.27. The summed E-state index contributed by atoms with van der Waals surface area (Å²) in [7, 11) is 0. The zero-order valence-corrected chi connectivity index (χ0v) is 17.3. The number of hydrogen-bond acceptors (Lipinski definition) is 6. The van der Waals surface area contributed by atoms with Gasteiger partial charge in [0.15, 0.2) is 0 Å². The fourth-order valence-corrected chi connectivity index (χ4v) is 4.44. The van der Waals surface area contributed by atoms with Gasteiger partial charge in [-0.25, -0.2) is 9.97 Å². The number of piperidine rings is 1. The van der Waals surface area contributed by atoms with E-state index >= 15 is 0 Å². The molecular weight excluding hydrogens is 370 g/mol. The van der Waals surface area contributed by atoms with Crippen molar-refractivity contribution in [2.75, 3.05) is 59.0 Å². The highest BCUT2D eigenvalue weighted by molar-refractivity contribution is 5.95. The molecule has 0 radical (unpaired) electrons. The molecule has 3 aliphatic heterocycles. The smallest absolute Gasteiger partial charge is 0.257 e. The Bertz CT molecular complexity index is 736. The summed E-state index contributed by atoms with van der Waals surface area (Å²) in [5, 5.41) is 0. The fraction of sp³-hybridized carbons (Fsp3) is 0.714. The molecule has 0 unspecified atom stereocenters. The topological polar surface area (TPSA) is 78.9 Å². The van der Waals surface area contributed by atoms with Gasteiger partial charge in [-0.1, -0.05) is 0 Å². The SMILES string of the molecule is Cc1nc(C2CCN(CC(=O)N3CCCC3)CC2)ncc1C(=O)N1CCOCC1. The van der Waals surface area contributed by atoms with Crippen LogP contribution in [-0.4, -0.2) is 95.5 Å². The molecule has 158 valence electrons. The van der Waals surface area contributed by atoms with Gasteiger partial charge >= 0.3 is 0 Å². The monoisotopic (exact) mass is 401 g/mol. The highest BCUT2D eigenvalue weighted by Gasteiger charge is 2.27. The number of aryl methyl sites for hydroxylation is 1. The molecule has 0 N–H and O–H groups in total. The van der Waals surface area contributed by atoms with Crippen LogP contribution in [0.3, 0.4) is 0 Å². The van der Waals surface area contributed by atoms with E-state index in [1.807, 2.05) is 16.7 Å². The van der Waals surface area contributed by atoms with Gasteiger partial charge in [0.2, 0.25) is 5.91 Å². The number of rotatable bonds is 4. The van der Waals surface area contributed by atoms with Crippen LogP contribution < -0.4 is 0 Å². The van der Waals surface area contributed by atoms with E-state index in [0.29, 0.717) is 44.3 Å². The molecule has 29 heavy (non-hydrogen) atoms. The number of morpholine rings is 1. The largest absolute Gasteiger partial charge is 0.378 e. The maximum absolute atomic E-state index is 12.7. The zero-order valence-electron chi connectivity index (χ0n) is 17.3. The van der Waals surface area contributed by atoms with Gasteiger partial charge in [-0.05, 0) is 45.7 Å². The third-order valence-corrected chi connectivity index (χ3v) is 6.30. The molecule has 4 heterocycles. The van der Waals surface area contributed by atoms with E-state index in [1.165, 1.54) is 0 Å². The van der Waals surface area contributed by atoms with Gasteiger partial charge in [-0.2, -0.15) is 0 Å². The average Bonchev–Trinajstić information content (AvgIpc) is 3.29. The second-order valence-electron chi connectivity index (χ2n) is 8.27. The third-order valence-electron chi connectivity index (χ3n) is 6.30. The van der Waals surface area contributed by atoms with E-state index < -0.39 is 0 Å². The van der Waals surface area contributed by atoms with Crippen molar-refractivity contribution in [3.05, 3.63) is 23.3 Å². The molecule has 2 amide bonds. The molecule has 0 spiro atoms. The summed E-state index contributed by atoms with van der Waals surface area (Å²) in [6.45, 7) is 8.44. The van der Waals surface area contributed by atoms with Crippen LogP contribution in [-0.2, 0) is 9.53 Å². The van der Waals surface area contributed by atoms with E-state index in [4.69, 9.17) is 4.74 Å². The average molecular weight is 402 g/mol. The molecule has 8 heteroatoms. The molecular formula is C21H31N5O3. The van der Waals surface area contributed by atoms with Crippen LogP contribution in [0.5, 0.6) is 0 Å². The molecule has 0 bridgehead atoms. The van der Waals surface area contributed by atoms with Gasteiger partial charge in [0, 0.05) is 38.3 Å². The van der Waals surface area contributed by atoms with E-state index in [0.717, 1.165) is 63.4 Å². The molecule has 3 aliphatic rings. The molecule has 3 saturated heterocycles. The highest BCUT2D eigenvalue weighted by atomic mass is 16.5. The Morgan fingerprint density at radius 3 is 2.38 bits per heavy atom. The second kappa shape index (κ2) is 9.17. The Morgan fingerprint density at radius 1 is 1.03 bits per heavy atom. The van der Waals surface area contributed by atoms with Gasteiger partial charge in [0.25, 0.3) is 5.91 Å². The summed E-state index contributed by atoms with van der Waals surface area (Å²) in [5.41, 5.74) is 1.34. The van der Waals surface area contributed by atoms with Crippen LogP contribution in [0.2, 0.25) is 0 Å². The van der Waals surface area contributed by atoms with Crippen molar-refractivity contribution < 1.29 is 14.3 Å². The Kier molecular flexibility index (Phi) is 6.40. The minimum absolute atomic E-state index is 0.00686. The maximum Gasteiger partial charge on any atom is 0.257 e. The lowest BCUT2D eigenvalue weighted by molar-refractivity contribution is -0.131. The Balaban J connectivity index is 1.32. The normalized spacial score (nSPS) is 21.6. The van der Waals surface area contributed by atoms with Crippen molar-refractivity contribution in [2.24, 2.45) is 0 Å². The standard InChI is InChI=1S/C21H31N5O3/c1-16-18(21(28)26-10-12-29-13-11-26)14-22-20(23-16)17-4-8-24(9-5-17)15-19(27)25-6-2-3-7-25/h14,17H,2-13,15H2,1H3. The Morgan fingerprint density at radius 2 is 1.72 bits per heavy atom. The zero-order chi connectivity index (χ0) is 20.2. The summed E-state index contributed by atoms with van der Waals surface area (Å²) in [5.74, 6) is 1.37. The van der Waals surface area contributed by atoms with Gasteiger partial charge in [0.05, 0.1) is 31.0 Å². The lowest BCUT2D eigenvalue weighted by Gasteiger charge is -2.32. The van der Waals surface area contributed by atoms with Crippen LogP contribution >= 0.6 is 0 Å². The quantitative estimate of drug-likeness (QED) is 0.751. The van der Waals surface area contributed by atoms with Crippen LogP contribution in [0.1, 0.15) is 53.5 Å². The number of carbonyl (C=O) groups excluding carboxylic acids is 2. The molecule has 3 fully saturated rings. The van der Waals surface area contributed by atoms with Gasteiger partial charge in [-0.3, -0.25) is 14.5 Å². The van der Waals surface area contributed by atoms with Crippen LogP contribution in [0.4, 0.5) is 0 Å². The summed E-state index contributed by atoms with van der Waals surface area (Å²) < 4.78 is 5.32. The van der Waals surface area contributed by atoms with Crippen molar-refractivity contribution in [1.82, 2.24) is 24.7 Å². The highest BCUT2D eigenvalue weighted by Crippen LogP contribution is 2.26. The van der Waals surface area contributed by atoms with Crippen LogP contribution in [0, 0.1) is 6.92 Å². The first-order valence-corrected chi connectivity index (χ1v) is 10.8. The lowest BCUT2D eigenvalue weighted by atomic mass is 9.95. The van der Waals surface area contributed by atoms with Crippen molar-refractivity contribution in [2.45, 2.75) is 38.5 Å². The molecule has 1 aromatic rings. The third kappa shape index (κ3) is 4.75. The summed E-state index contributed by atoms with van der Waals surface area (Å²) in [6, 6.07) is 0. The van der Waals surface area contributed by atoms with Crippen molar-refractivity contribution in [3.8, 4) is 0 Å². The van der Waals surface area contributed by atoms with Crippen LogP contribution in [0.25, 0.3) is 0 Å². The molecule has 0 saturated carbocycles. The molecule has 4 rings (SSSR count). The minimum atomic E-state index is -0.00686. The first-order chi connectivity index (χ1) is 14.1. The minimum Gasteiger partial charge on any atom is -0.378 e. The maximum atomic E-state index is 12.7. The first-order valence-electron chi connectivity index (χ1n) is 10.8. The number of carbonyl (C=O) groups is 2. The predicted molar refractivity (Wildman–Crippen MR) is 108 cm³/mol. The number of likely N-dealkylation sites (tertiary alicyclic amines) is 2. The number of nitrogens with zero attached hydrogens (tertiary/aromatic N) is 5. The number of amides is 2. The molecule has 1 aromatic heterocycles. The van der Waals surface area contributed by atoms with Crippen molar-refractivity contribution >= 4 is 11.8 Å². The van der Waals surface area contributed by atoms with E-state index in [9.17, 15) is 9.59 Å². The molecule has 0 aliphatic carbocycles. The summed E-state index contributed by atoms with van der Waals surface area (Å²) >= 11 is 0. The number of ether oxygens (including phenoxy) is 1. The van der Waals surface area contributed by atoms with Crippen molar-refractivity contribution in [3.63, 3.8) is 0 Å². The summed E-state index contributed by atoms with van der Waals surface area (Å²) in [4.78, 5) is 40.3. The van der Waals surface area contributed by atoms with E-state index in [-0.39, 0.29) is 11.8 Å². The van der Waals surface area contributed by atoms with Crippen LogP contribution in [0.15, 0.2) is 6.20 Å². The summed E-state index contributed by atoms with van der Waals surface area (Å²) in [6.07, 6.45) is 5.86. The van der Waals surface area contributed by atoms with Gasteiger partial charge < -0.3 is 14.5 Å². The Labute approximate surface area is 172 Å². The molecule has 0 atom stereocenters. The van der Waals surface area contributed by atoms with Crippen molar-refractivity contribution in [1.29, 1.82) is 0 Å². The van der Waals surface area contributed by atoms with Gasteiger partial charge in [0.1, 0.15) is 5.82 Å². The first kappa shape index (κ1) is 20.2. The predicted octanol–water partition coefficient (Wildman–Crippen LogP) is 1.06. The van der Waals surface area contributed by atoms with E-state index in [1.54, 1.807) is 6.20 Å². The molecule has 8 nitrogen and oxygen atoms in total. The lowest BCUT2D eigenvalue weighted by Crippen LogP contribution is -2.42. The van der Waals surface area contributed by atoms with Gasteiger partial charge in [-0.15, -0.1) is 0 Å². The Hall–Kier alpha value is -2.06.